The molecule has 0 saturated carbocycles. The Hall–Kier alpha value is -3.48. The van der Waals surface area contributed by atoms with Gasteiger partial charge in [0.1, 0.15) is 12.6 Å². The van der Waals surface area contributed by atoms with Crippen molar-refractivity contribution in [2.75, 3.05) is 24.5 Å². The van der Waals surface area contributed by atoms with Crippen LogP contribution in [0.15, 0.2) is 66.7 Å². The summed E-state index contributed by atoms with van der Waals surface area (Å²) in [7, 11) is 0. The molecule has 1 fully saturated rings. The number of allylic oxidation sites excluding steroid dienone is 1. The number of aromatic nitrogens is 4. The van der Waals surface area contributed by atoms with Crippen LogP contribution < -0.4 is 4.90 Å². The molecule has 7 nitrogen and oxygen atoms in total. The maximum absolute atomic E-state index is 13.3. The smallest absolute Gasteiger partial charge is 0.251 e. The number of benzene rings is 2. The maximum atomic E-state index is 13.3. The predicted octanol–water partition coefficient (Wildman–Crippen LogP) is 3.53. The lowest BCUT2D eigenvalue weighted by molar-refractivity contribution is -0.129. The van der Waals surface area contributed by atoms with Gasteiger partial charge in [-0.1, -0.05) is 78.6 Å². The van der Waals surface area contributed by atoms with Gasteiger partial charge in [0.2, 0.25) is 5.91 Å². The minimum atomic E-state index is -0.133. The van der Waals surface area contributed by atoms with Crippen molar-refractivity contribution in [2.45, 2.75) is 31.7 Å². The van der Waals surface area contributed by atoms with Crippen LogP contribution >= 0.6 is 0 Å². The van der Waals surface area contributed by atoms with Crippen LogP contribution in [0.25, 0.3) is 5.70 Å². The Morgan fingerprint density at radius 3 is 2.29 bits per heavy atom. The van der Waals surface area contributed by atoms with Crippen LogP contribution in [0.1, 0.15) is 42.9 Å². The zero-order valence-electron chi connectivity index (χ0n) is 17.5. The molecule has 1 unspecified atom stereocenters. The second kappa shape index (κ2) is 8.71. The van der Waals surface area contributed by atoms with E-state index in [2.05, 4.69) is 45.9 Å². The lowest BCUT2D eigenvalue weighted by atomic mass is 10.0. The quantitative estimate of drug-likeness (QED) is 0.653. The zero-order chi connectivity index (χ0) is 21.0. The molecule has 0 spiro atoms. The second-order valence-corrected chi connectivity index (χ2v) is 8.08. The summed E-state index contributed by atoms with van der Waals surface area (Å²) in [5.74, 6) is 0.717. The van der Waals surface area contributed by atoms with E-state index in [0.29, 0.717) is 5.95 Å². The van der Waals surface area contributed by atoms with Gasteiger partial charge in [-0.2, -0.15) is 4.68 Å². The van der Waals surface area contributed by atoms with Crippen molar-refractivity contribution in [1.29, 1.82) is 0 Å². The van der Waals surface area contributed by atoms with Crippen molar-refractivity contribution in [2.24, 2.45) is 0 Å². The number of rotatable bonds is 4. The second-order valence-electron chi connectivity index (χ2n) is 8.08. The number of tetrazole rings is 1. The van der Waals surface area contributed by atoms with Crippen molar-refractivity contribution in [3.05, 3.63) is 77.9 Å². The Bertz CT molecular complexity index is 1050. The highest BCUT2D eigenvalue weighted by Crippen LogP contribution is 2.36. The summed E-state index contributed by atoms with van der Waals surface area (Å²) < 4.78 is 1.80. The number of hydrogen-bond donors (Lipinski definition) is 0. The fourth-order valence-corrected chi connectivity index (χ4v) is 4.42. The highest BCUT2D eigenvalue weighted by Gasteiger charge is 2.32. The Morgan fingerprint density at radius 1 is 0.903 bits per heavy atom. The number of amides is 1. The molecule has 7 heteroatoms. The SMILES string of the molecule is O=C(CN1C(c2ccccc2)=CC(c2ccccc2)n2nnnc21)N1CCCCCC1. The molecule has 1 saturated heterocycles. The molecule has 1 aromatic heterocycles. The minimum absolute atomic E-state index is 0.122. The largest absolute Gasteiger partial charge is 0.341 e. The third-order valence-electron chi connectivity index (χ3n) is 6.05. The number of carbonyl (C=O) groups is 1. The first-order chi connectivity index (χ1) is 15.3. The summed E-state index contributed by atoms with van der Waals surface area (Å²) in [6.45, 7) is 1.88. The van der Waals surface area contributed by atoms with E-state index in [1.165, 1.54) is 12.8 Å². The van der Waals surface area contributed by atoms with E-state index in [4.69, 9.17) is 0 Å². The van der Waals surface area contributed by atoms with Crippen molar-refractivity contribution >= 4 is 17.6 Å². The van der Waals surface area contributed by atoms with Crippen LogP contribution in [0.4, 0.5) is 5.95 Å². The first kappa shape index (κ1) is 19.5. The summed E-state index contributed by atoms with van der Waals surface area (Å²) in [6, 6.07) is 20.2. The molecule has 0 aliphatic carbocycles. The average molecular weight is 415 g/mol. The predicted molar refractivity (Wildman–Crippen MR) is 119 cm³/mol. The van der Waals surface area contributed by atoms with Gasteiger partial charge in [0, 0.05) is 13.1 Å². The van der Waals surface area contributed by atoms with E-state index in [9.17, 15) is 4.79 Å². The van der Waals surface area contributed by atoms with Crippen LogP contribution in [0.3, 0.4) is 0 Å². The van der Waals surface area contributed by atoms with Gasteiger partial charge >= 0.3 is 0 Å². The molecular formula is C24H26N6O. The summed E-state index contributed by atoms with van der Waals surface area (Å²) in [5, 5.41) is 12.6. The first-order valence-electron chi connectivity index (χ1n) is 11.0. The van der Waals surface area contributed by atoms with Gasteiger partial charge in [-0.25, -0.2) is 0 Å². The highest BCUT2D eigenvalue weighted by molar-refractivity contribution is 5.89. The van der Waals surface area contributed by atoms with Crippen LogP contribution in [0.2, 0.25) is 0 Å². The number of carbonyl (C=O) groups excluding carboxylic acids is 1. The molecule has 5 rings (SSSR count). The van der Waals surface area contributed by atoms with E-state index in [1.54, 1.807) is 4.68 Å². The first-order valence-corrected chi connectivity index (χ1v) is 11.0. The Kier molecular flexibility index (Phi) is 5.48. The van der Waals surface area contributed by atoms with Crippen molar-refractivity contribution < 1.29 is 4.79 Å². The van der Waals surface area contributed by atoms with Gasteiger partial charge in [0.05, 0.1) is 5.70 Å². The zero-order valence-corrected chi connectivity index (χ0v) is 17.5. The highest BCUT2D eigenvalue weighted by atomic mass is 16.2. The number of nitrogens with zero attached hydrogens (tertiary/aromatic N) is 6. The van der Waals surface area contributed by atoms with E-state index < -0.39 is 0 Å². The fraction of sp³-hybridized carbons (Fsp3) is 0.333. The lowest BCUT2D eigenvalue weighted by Crippen LogP contribution is -2.42. The van der Waals surface area contributed by atoms with E-state index in [-0.39, 0.29) is 18.5 Å². The summed E-state index contributed by atoms with van der Waals surface area (Å²) in [4.78, 5) is 17.2. The van der Waals surface area contributed by atoms with Crippen LogP contribution in [0, 0.1) is 0 Å². The third-order valence-corrected chi connectivity index (χ3v) is 6.05. The summed E-state index contributed by atoms with van der Waals surface area (Å²) >= 11 is 0. The molecule has 0 N–H and O–H groups in total. The summed E-state index contributed by atoms with van der Waals surface area (Å²) in [6.07, 6.45) is 6.69. The molecule has 3 aromatic rings. The van der Waals surface area contributed by atoms with Gasteiger partial charge in [-0.15, -0.1) is 0 Å². The molecule has 2 aromatic carbocycles. The van der Waals surface area contributed by atoms with Gasteiger partial charge in [0.15, 0.2) is 0 Å². The van der Waals surface area contributed by atoms with Crippen LogP contribution in [0.5, 0.6) is 0 Å². The van der Waals surface area contributed by atoms with Crippen molar-refractivity contribution in [1.82, 2.24) is 25.1 Å². The molecule has 2 aliphatic heterocycles. The molecule has 1 amide bonds. The topological polar surface area (TPSA) is 67.2 Å². The minimum Gasteiger partial charge on any atom is -0.341 e. The number of likely N-dealkylation sites (tertiary alicyclic amines) is 1. The van der Waals surface area contributed by atoms with Gasteiger partial charge in [0.25, 0.3) is 5.95 Å². The average Bonchev–Trinajstić information content (AvgIpc) is 3.15. The number of hydrogen-bond acceptors (Lipinski definition) is 5. The molecule has 1 atom stereocenters. The van der Waals surface area contributed by atoms with Gasteiger partial charge in [-0.3, -0.25) is 9.69 Å². The third kappa shape index (κ3) is 3.95. The molecular weight excluding hydrogens is 388 g/mol. The normalized spacial score (nSPS) is 18.8. The van der Waals surface area contributed by atoms with E-state index in [0.717, 1.165) is 42.8 Å². The van der Waals surface area contributed by atoms with Crippen LogP contribution in [-0.4, -0.2) is 50.6 Å². The standard InChI is InChI=1S/C24H26N6O/c31-23(28-15-9-1-2-10-16-28)18-29-21(19-11-5-3-6-12-19)17-22(20-13-7-4-8-14-20)30-24(29)25-26-27-30/h3-8,11-14,17,22H,1-2,9-10,15-16,18H2. The molecule has 0 bridgehead atoms. The van der Waals surface area contributed by atoms with Crippen LogP contribution in [-0.2, 0) is 4.79 Å². The van der Waals surface area contributed by atoms with E-state index >= 15 is 0 Å². The molecule has 31 heavy (non-hydrogen) atoms. The van der Waals surface area contributed by atoms with Gasteiger partial charge < -0.3 is 4.90 Å². The monoisotopic (exact) mass is 414 g/mol. The summed E-state index contributed by atoms with van der Waals surface area (Å²) in [5.41, 5.74) is 3.10. The van der Waals surface area contributed by atoms with Crippen molar-refractivity contribution in [3.8, 4) is 0 Å². The molecule has 158 valence electrons. The number of anilines is 1. The lowest BCUT2D eigenvalue weighted by Gasteiger charge is -2.34. The van der Waals surface area contributed by atoms with Crippen molar-refractivity contribution in [3.63, 3.8) is 0 Å². The Labute approximate surface area is 182 Å². The molecule has 3 heterocycles. The molecule has 0 radical (unpaired) electrons. The fourth-order valence-electron chi connectivity index (χ4n) is 4.42. The van der Waals surface area contributed by atoms with Gasteiger partial charge in [-0.05, 0) is 40.5 Å². The number of fused-ring (bicyclic) bond motifs is 1. The van der Waals surface area contributed by atoms with E-state index in [1.807, 2.05) is 46.2 Å². The Balaban J connectivity index is 1.54. The Morgan fingerprint density at radius 2 is 1.58 bits per heavy atom. The maximum Gasteiger partial charge on any atom is 0.251 e. The molecule has 2 aliphatic rings.